The fourth-order valence-corrected chi connectivity index (χ4v) is 3.15. The van der Waals surface area contributed by atoms with Crippen molar-refractivity contribution >= 4 is 23.4 Å². The van der Waals surface area contributed by atoms with Gasteiger partial charge in [-0.3, -0.25) is 4.79 Å². The van der Waals surface area contributed by atoms with Crippen molar-refractivity contribution in [3.05, 3.63) is 48.5 Å². The average molecular weight is 332 g/mol. The lowest BCUT2D eigenvalue weighted by atomic mass is 10.2. The molecule has 1 amide bonds. The Morgan fingerprint density at radius 1 is 1.09 bits per heavy atom. The van der Waals surface area contributed by atoms with E-state index in [0.29, 0.717) is 24.0 Å². The van der Waals surface area contributed by atoms with Gasteiger partial charge in [0.2, 0.25) is 5.91 Å². The molecule has 1 aromatic carbocycles. The van der Waals surface area contributed by atoms with Crippen LogP contribution in [-0.2, 0) is 4.79 Å². The van der Waals surface area contributed by atoms with Crippen molar-refractivity contribution in [2.45, 2.75) is 5.16 Å². The van der Waals surface area contributed by atoms with Gasteiger partial charge in [-0.2, -0.15) is 0 Å². The van der Waals surface area contributed by atoms with Gasteiger partial charge >= 0.3 is 0 Å². The third kappa shape index (κ3) is 4.19. The van der Waals surface area contributed by atoms with E-state index >= 15 is 0 Å². The molecule has 0 spiro atoms. The molecule has 1 aliphatic rings. The van der Waals surface area contributed by atoms with Crippen LogP contribution in [-0.4, -0.2) is 52.7 Å². The van der Waals surface area contributed by atoms with Crippen molar-refractivity contribution in [3.63, 3.8) is 0 Å². The molecule has 120 valence electrons. The van der Waals surface area contributed by atoms with Gasteiger partial charge in [-0.15, -0.1) is 0 Å². The Kier molecular flexibility index (Phi) is 5.07. The zero-order valence-electron chi connectivity index (χ0n) is 12.6. The van der Waals surface area contributed by atoms with Crippen molar-refractivity contribution in [2.24, 2.45) is 0 Å². The molecule has 1 aliphatic heterocycles. The molecule has 0 aliphatic carbocycles. The van der Waals surface area contributed by atoms with Crippen LogP contribution in [0.2, 0.25) is 0 Å². The van der Waals surface area contributed by atoms with E-state index in [-0.39, 0.29) is 11.7 Å². The predicted octanol–water partition coefficient (Wildman–Crippen LogP) is 2.06. The first-order valence-electron chi connectivity index (χ1n) is 7.40. The Morgan fingerprint density at radius 3 is 2.39 bits per heavy atom. The molecule has 23 heavy (non-hydrogen) atoms. The number of hydrogen-bond acceptors (Lipinski definition) is 5. The van der Waals surface area contributed by atoms with E-state index in [9.17, 15) is 9.18 Å². The molecule has 0 saturated carbocycles. The third-order valence-corrected chi connectivity index (χ3v) is 4.55. The van der Waals surface area contributed by atoms with Gasteiger partial charge in [0, 0.05) is 44.3 Å². The first kappa shape index (κ1) is 15.7. The van der Waals surface area contributed by atoms with Crippen molar-refractivity contribution in [2.75, 3.05) is 36.8 Å². The number of nitrogens with zero attached hydrogens (tertiary/aromatic N) is 4. The summed E-state index contributed by atoms with van der Waals surface area (Å²) in [6.07, 6.45) is 3.34. The molecule has 1 saturated heterocycles. The number of amides is 1. The Morgan fingerprint density at radius 2 is 1.74 bits per heavy atom. The fourth-order valence-electron chi connectivity index (χ4n) is 2.44. The molecule has 2 aromatic rings. The molecule has 2 heterocycles. The predicted molar refractivity (Wildman–Crippen MR) is 87.9 cm³/mol. The molecule has 0 radical (unpaired) electrons. The second kappa shape index (κ2) is 7.41. The first-order valence-corrected chi connectivity index (χ1v) is 8.39. The van der Waals surface area contributed by atoms with Gasteiger partial charge in [0.05, 0.1) is 5.75 Å². The molecule has 0 unspecified atom stereocenters. The molecule has 1 aromatic heterocycles. The monoisotopic (exact) mass is 332 g/mol. The third-order valence-electron chi connectivity index (χ3n) is 3.69. The molecule has 0 bridgehead atoms. The molecular weight excluding hydrogens is 315 g/mol. The zero-order chi connectivity index (χ0) is 16.1. The van der Waals surface area contributed by atoms with Gasteiger partial charge in [0.25, 0.3) is 0 Å². The number of piperazine rings is 1. The van der Waals surface area contributed by atoms with Crippen molar-refractivity contribution < 1.29 is 9.18 Å². The van der Waals surface area contributed by atoms with E-state index in [4.69, 9.17) is 0 Å². The summed E-state index contributed by atoms with van der Waals surface area (Å²) in [5, 5.41) is 0.616. The quantitative estimate of drug-likeness (QED) is 0.634. The molecule has 0 N–H and O–H groups in total. The molecular formula is C16H17FN4OS. The number of halogens is 1. The smallest absolute Gasteiger partial charge is 0.233 e. The van der Waals surface area contributed by atoms with Crippen LogP contribution >= 0.6 is 11.8 Å². The minimum atomic E-state index is -0.234. The summed E-state index contributed by atoms with van der Waals surface area (Å²) >= 11 is 1.35. The van der Waals surface area contributed by atoms with Crippen LogP contribution in [0.3, 0.4) is 0 Å². The maximum Gasteiger partial charge on any atom is 0.233 e. The second-order valence-electron chi connectivity index (χ2n) is 5.16. The Bertz CT molecular complexity index is 645. The lowest BCUT2D eigenvalue weighted by Crippen LogP contribution is -2.49. The number of aromatic nitrogens is 2. The maximum atomic E-state index is 13.0. The van der Waals surface area contributed by atoms with Crippen LogP contribution in [0.25, 0.3) is 0 Å². The zero-order valence-corrected chi connectivity index (χ0v) is 13.4. The number of carbonyl (C=O) groups excluding carboxylic acids is 1. The Hall–Kier alpha value is -2.15. The summed E-state index contributed by atoms with van der Waals surface area (Å²) in [5.41, 5.74) is 0.991. The van der Waals surface area contributed by atoms with E-state index in [1.807, 2.05) is 4.90 Å². The first-order chi connectivity index (χ1) is 11.2. The second-order valence-corrected chi connectivity index (χ2v) is 6.11. The summed E-state index contributed by atoms with van der Waals surface area (Å²) in [6, 6.07) is 8.22. The highest BCUT2D eigenvalue weighted by Crippen LogP contribution is 2.18. The molecule has 0 atom stereocenters. The maximum absolute atomic E-state index is 13.0. The molecule has 5 nitrogen and oxygen atoms in total. The number of hydrogen-bond donors (Lipinski definition) is 0. The van der Waals surface area contributed by atoms with E-state index in [2.05, 4.69) is 14.9 Å². The molecule has 1 fully saturated rings. The summed E-state index contributed by atoms with van der Waals surface area (Å²) in [4.78, 5) is 24.5. The Labute approximate surface area is 138 Å². The minimum Gasteiger partial charge on any atom is -0.368 e. The highest BCUT2D eigenvalue weighted by atomic mass is 32.2. The van der Waals surface area contributed by atoms with Gasteiger partial charge in [-0.1, -0.05) is 11.8 Å². The largest absolute Gasteiger partial charge is 0.368 e. The number of rotatable bonds is 4. The number of benzene rings is 1. The van der Waals surface area contributed by atoms with Crippen molar-refractivity contribution in [1.29, 1.82) is 0 Å². The number of carbonyl (C=O) groups is 1. The number of anilines is 1. The lowest BCUT2D eigenvalue weighted by Gasteiger charge is -2.36. The lowest BCUT2D eigenvalue weighted by molar-refractivity contribution is -0.128. The summed E-state index contributed by atoms with van der Waals surface area (Å²) in [5.74, 6) is 0.213. The minimum absolute atomic E-state index is 0.0983. The van der Waals surface area contributed by atoms with Gasteiger partial charge in [-0.25, -0.2) is 14.4 Å². The van der Waals surface area contributed by atoms with Crippen LogP contribution in [0, 0.1) is 5.82 Å². The van der Waals surface area contributed by atoms with E-state index in [1.165, 1.54) is 23.9 Å². The highest BCUT2D eigenvalue weighted by Gasteiger charge is 2.21. The van der Waals surface area contributed by atoms with Crippen LogP contribution in [0.5, 0.6) is 0 Å². The SMILES string of the molecule is O=C(CSc1ncccn1)N1CCN(c2ccc(F)cc2)CC1. The van der Waals surface area contributed by atoms with Crippen LogP contribution in [0.1, 0.15) is 0 Å². The van der Waals surface area contributed by atoms with Gasteiger partial charge < -0.3 is 9.80 Å². The van der Waals surface area contributed by atoms with Crippen molar-refractivity contribution in [1.82, 2.24) is 14.9 Å². The molecule has 3 rings (SSSR count). The molecule has 7 heteroatoms. The standard InChI is InChI=1S/C16H17FN4OS/c17-13-2-4-14(5-3-13)20-8-10-21(11-9-20)15(22)12-23-16-18-6-1-7-19-16/h1-7H,8-12H2. The summed E-state index contributed by atoms with van der Waals surface area (Å²) in [7, 11) is 0. The number of thioether (sulfide) groups is 1. The average Bonchev–Trinajstić information content (AvgIpc) is 2.61. The summed E-state index contributed by atoms with van der Waals surface area (Å²) in [6.45, 7) is 2.85. The normalized spacial score (nSPS) is 14.8. The van der Waals surface area contributed by atoms with E-state index < -0.39 is 0 Å². The fraction of sp³-hybridized carbons (Fsp3) is 0.312. The topological polar surface area (TPSA) is 49.3 Å². The van der Waals surface area contributed by atoms with Crippen LogP contribution in [0.15, 0.2) is 47.9 Å². The van der Waals surface area contributed by atoms with Crippen LogP contribution < -0.4 is 4.90 Å². The summed E-state index contributed by atoms with van der Waals surface area (Å²) < 4.78 is 13.0. The Balaban J connectivity index is 1.48. The van der Waals surface area contributed by atoms with Crippen LogP contribution in [0.4, 0.5) is 10.1 Å². The van der Waals surface area contributed by atoms with E-state index in [1.54, 1.807) is 30.6 Å². The van der Waals surface area contributed by atoms with Crippen molar-refractivity contribution in [3.8, 4) is 0 Å². The van der Waals surface area contributed by atoms with Gasteiger partial charge in [0.1, 0.15) is 5.82 Å². The van der Waals surface area contributed by atoms with Gasteiger partial charge in [0.15, 0.2) is 5.16 Å². The van der Waals surface area contributed by atoms with Gasteiger partial charge in [-0.05, 0) is 30.3 Å². The van der Waals surface area contributed by atoms with E-state index in [0.717, 1.165) is 18.8 Å². The highest BCUT2D eigenvalue weighted by molar-refractivity contribution is 7.99.